The molecule has 0 bridgehead atoms. The van der Waals surface area contributed by atoms with Crippen LogP contribution >= 0.6 is 11.6 Å². The van der Waals surface area contributed by atoms with E-state index < -0.39 is 0 Å². The van der Waals surface area contributed by atoms with Crippen molar-refractivity contribution in [1.82, 2.24) is 4.90 Å². The lowest BCUT2D eigenvalue weighted by Crippen LogP contribution is -2.39. The Balaban J connectivity index is 1.89. The lowest BCUT2D eigenvalue weighted by atomic mass is 10.0. The van der Waals surface area contributed by atoms with Crippen LogP contribution < -0.4 is 5.73 Å². The predicted molar refractivity (Wildman–Crippen MR) is 88.6 cm³/mol. The number of benzene rings is 1. The summed E-state index contributed by atoms with van der Waals surface area (Å²) < 4.78 is 5.24. The molecule has 2 N–H and O–H groups in total. The van der Waals surface area contributed by atoms with E-state index in [-0.39, 0.29) is 6.04 Å². The maximum absolute atomic E-state index is 6.32. The van der Waals surface area contributed by atoms with Crippen molar-refractivity contribution in [2.45, 2.75) is 38.3 Å². The van der Waals surface area contributed by atoms with E-state index in [1.54, 1.807) is 7.11 Å². The summed E-state index contributed by atoms with van der Waals surface area (Å²) in [6.45, 7) is 5.07. The van der Waals surface area contributed by atoms with Crippen molar-refractivity contribution in [1.29, 1.82) is 0 Å². The van der Waals surface area contributed by atoms with Gasteiger partial charge in [0, 0.05) is 37.3 Å². The van der Waals surface area contributed by atoms with E-state index in [1.165, 1.54) is 12.8 Å². The Labute approximate surface area is 133 Å². The zero-order valence-electron chi connectivity index (χ0n) is 13.1. The van der Waals surface area contributed by atoms with Gasteiger partial charge in [-0.2, -0.15) is 0 Å². The van der Waals surface area contributed by atoms with Gasteiger partial charge >= 0.3 is 0 Å². The number of hydrogen-bond donors (Lipinski definition) is 1. The molecule has 0 heterocycles. The van der Waals surface area contributed by atoms with Crippen molar-refractivity contribution in [3.05, 3.63) is 34.9 Å². The second-order valence-electron chi connectivity index (χ2n) is 6.02. The van der Waals surface area contributed by atoms with E-state index >= 15 is 0 Å². The van der Waals surface area contributed by atoms with Gasteiger partial charge in [-0.3, -0.25) is 4.90 Å². The van der Waals surface area contributed by atoms with Crippen molar-refractivity contribution >= 4 is 11.6 Å². The van der Waals surface area contributed by atoms with E-state index in [9.17, 15) is 0 Å². The SMILES string of the molecule is COCCN(CCC(N)c1ccccc1Cl)C(C)C1CC1. The summed E-state index contributed by atoms with van der Waals surface area (Å²) in [4.78, 5) is 2.51. The highest BCUT2D eigenvalue weighted by Gasteiger charge is 2.31. The first-order valence-electron chi connectivity index (χ1n) is 7.86. The number of methoxy groups -OCH3 is 1. The minimum atomic E-state index is -0.00449. The van der Waals surface area contributed by atoms with Gasteiger partial charge in [0.05, 0.1) is 6.61 Å². The molecule has 21 heavy (non-hydrogen) atoms. The predicted octanol–water partition coefficient (Wildman–Crippen LogP) is 3.48. The van der Waals surface area contributed by atoms with Gasteiger partial charge in [-0.25, -0.2) is 0 Å². The molecule has 0 aliphatic heterocycles. The fourth-order valence-corrected chi connectivity index (χ4v) is 3.12. The third-order valence-corrected chi connectivity index (χ3v) is 4.84. The van der Waals surface area contributed by atoms with Gasteiger partial charge < -0.3 is 10.5 Å². The molecule has 0 amide bonds. The molecule has 1 aliphatic carbocycles. The zero-order chi connectivity index (χ0) is 15.2. The minimum Gasteiger partial charge on any atom is -0.383 e. The first-order chi connectivity index (χ1) is 10.1. The van der Waals surface area contributed by atoms with Crippen LogP contribution in [0.2, 0.25) is 5.02 Å². The van der Waals surface area contributed by atoms with Crippen LogP contribution in [0, 0.1) is 5.92 Å². The Morgan fingerprint density at radius 1 is 1.33 bits per heavy atom. The average molecular weight is 311 g/mol. The van der Waals surface area contributed by atoms with Gasteiger partial charge in [0.1, 0.15) is 0 Å². The summed E-state index contributed by atoms with van der Waals surface area (Å²) in [6.07, 6.45) is 3.65. The van der Waals surface area contributed by atoms with Gasteiger partial charge in [-0.15, -0.1) is 0 Å². The molecule has 1 aliphatic rings. The Morgan fingerprint density at radius 2 is 2.05 bits per heavy atom. The molecule has 0 aromatic heterocycles. The quantitative estimate of drug-likeness (QED) is 0.759. The van der Waals surface area contributed by atoms with Crippen LogP contribution in [0.15, 0.2) is 24.3 Å². The highest BCUT2D eigenvalue weighted by atomic mass is 35.5. The second kappa shape index (κ2) is 8.14. The monoisotopic (exact) mass is 310 g/mol. The highest BCUT2D eigenvalue weighted by molar-refractivity contribution is 6.31. The first-order valence-corrected chi connectivity index (χ1v) is 8.24. The number of nitrogens with two attached hydrogens (primary N) is 1. The average Bonchev–Trinajstić information content (AvgIpc) is 3.31. The summed E-state index contributed by atoms with van der Waals surface area (Å²) in [5, 5.41) is 0.767. The van der Waals surface area contributed by atoms with Crippen molar-refractivity contribution in [3.8, 4) is 0 Å². The van der Waals surface area contributed by atoms with Gasteiger partial charge in [0.15, 0.2) is 0 Å². The number of halogens is 1. The Morgan fingerprint density at radius 3 is 2.67 bits per heavy atom. The van der Waals surface area contributed by atoms with E-state index in [0.717, 1.165) is 42.6 Å². The Hall–Kier alpha value is -0.610. The molecule has 4 heteroatoms. The molecule has 1 fully saturated rings. The Bertz CT molecular complexity index is 437. The number of rotatable bonds is 9. The molecule has 1 aromatic carbocycles. The van der Waals surface area contributed by atoms with Crippen molar-refractivity contribution in [2.24, 2.45) is 11.7 Å². The van der Waals surface area contributed by atoms with Crippen LogP contribution in [0.4, 0.5) is 0 Å². The summed E-state index contributed by atoms with van der Waals surface area (Å²) >= 11 is 6.23. The molecule has 0 saturated heterocycles. The van der Waals surface area contributed by atoms with Gasteiger partial charge in [0.25, 0.3) is 0 Å². The van der Waals surface area contributed by atoms with Gasteiger partial charge in [-0.1, -0.05) is 29.8 Å². The smallest absolute Gasteiger partial charge is 0.0589 e. The van der Waals surface area contributed by atoms with E-state index in [0.29, 0.717) is 6.04 Å². The molecule has 118 valence electrons. The van der Waals surface area contributed by atoms with E-state index in [4.69, 9.17) is 22.1 Å². The lowest BCUT2D eigenvalue weighted by Gasteiger charge is -2.30. The first kappa shape index (κ1) is 16.8. The maximum atomic E-state index is 6.32. The molecular weight excluding hydrogens is 284 g/mol. The second-order valence-corrected chi connectivity index (χ2v) is 6.43. The Kier molecular flexibility index (Phi) is 6.49. The normalized spacial score (nSPS) is 18.0. The van der Waals surface area contributed by atoms with Gasteiger partial charge in [-0.05, 0) is 43.7 Å². The van der Waals surface area contributed by atoms with Gasteiger partial charge in [0.2, 0.25) is 0 Å². The fraction of sp³-hybridized carbons (Fsp3) is 0.647. The number of hydrogen-bond acceptors (Lipinski definition) is 3. The fourth-order valence-electron chi connectivity index (χ4n) is 2.84. The molecule has 2 atom stereocenters. The summed E-state index contributed by atoms with van der Waals surface area (Å²) in [7, 11) is 1.76. The maximum Gasteiger partial charge on any atom is 0.0589 e. The third-order valence-electron chi connectivity index (χ3n) is 4.49. The van der Waals surface area contributed by atoms with Crippen molar-refractivity contribution in [3.63, 3.8) is 0 Å². The molecule has 0 radical (unpaired) electrons. The molecular formula is C17H27ClN2O. The summed E-state index contributed by atoms with van der Waals surface area (Å²) in [5.74, 6) is 0.860. The molecule has 3 nitrogen and oxygen atoms in total. The number of nitrogens with zero attached hydrogens (tertiary/aromatic N) is 1. The molecule has 1 saturated carbocycles. The van der Waals surface area contributed by atoms with Crippen LogP contribution in [0.1, 0.15) is 37.8 Å². The summed E-state index contributed by atoms with van der Waals surface area (Å²) in [5.41, 5.74) is 7.37. The molecule has 2 rings (SSSR count). The van der Waals surface area contributed by atoms with Crippen molar-refractivity contribution in [2.75, 3.05) is 26.8 Å². The zero-order valence-corrected chi connectivity index (χ0v) is 13.9. The highest BCUT2D eigenvalue weighted by Crippen LogP contribution is 2.35. The van der Waals surface area contributed by atoms with Crippen LogP contribution in [-0.2, 0) is 4.74 Å². The largest absolute Gasteiger partial charge is 0.383 e. The summed E-state index contributed by atoms with van der Waals surface area (Å²) in [6, 6.07) is 8.49. The topological polar surface area (TPSA) is 38.5 Å². The molecule has 0 spiro atoms. The third kappa shape index (κ3) is 4.96. The standard InChI is InChI=1S/C17H27ClN2O/c1-13(14-7-8-14)20(11-12-21-2)10-9-17(19)15-5-3-4-6-16(15)18/h3-6,13-14,17H,7-12,19H2,1-2H3. The van der Waals surface area contributed by atoms with Crippen LogP contribution in [0.3, 0.4) is 0 Å². The van der Waals surface area contributed by atoms with Crippen molar-refractivity contribution < 1.29 is 4.74 Å². The van der Waals surface area contributed by atoms with E-state index in [2.05, 4.69) is 11.8 Å². The van der Waals surface area contributed by atoms with Crippen LogP contribution in [0.5, 0.6) is 0 Å². The molecule has 2 unspecified atom stereocenters. The van der Waals surface area contributed by atoms with Crippen LogP contribution in [-0.4, -0.2) is 37.7 Å². The van der Waals surface area contributed by atoms with E-state index in [1.807, 2.05) is 24.3 Å². The lowest BCUT2D eigenvalue weighted by molar-refractivity contribution is 0.114. The van der Waals surface area contributed by atoms with Crippen LogP contribution in [0.25, 0.3) is 0 Å². The number of ether oxygens (including phenoxy) is 1. The molecule has 1 aromatic rings. The minimum absolute atomic E-state index is 0.00449.